The standard InChI is InChI=1S/C10H11ClN4/c1-7-3-4-12-8(2)10(7)15-6-9(5-11)13-14-15/h3-4,6H,5H2,1-2H3. The fourth-order valence-electron chi connectivity index (χ4n) is 1.50. The van der Waals surface area contributed by atoms with Gasteiger partial charge in [-0.3, -0.25) is 4.98 Å². The first-order valence-electron chi connectivity index (χ1n) is 4.62. The van der Waals surface area contributed by atoms with Crippen LogP contribution >= 0.6 is 11.6 Å². The fourth-order valence-corrected chi connectivity index (χ4v) is 1.62. The van der Waals surface area contributed by atoms with Gasteiger partial charge in [0.1, 0.15) is 0 Å². The lowest BCUT2D eigenvalue weighted by Crippen LogP contribution is -2.02. The lowest BCUT2D eigenvalue weighted by molar-refractivity contribution is 0.785. The second kappa shape index (κ2) is 3.98. The largest absolute Gasteiger partial charge is 0.259 e. The molecule has 5 heteroatoms. The molecule has 0 aromatic carbocycles. The average Bonchev–Trinajstić information content (AvgIpc) is 2.66. The van der Waals surface area contributed by atoms with E-state index in [1.165, 1.54) is 0 Å². The maximum absolute atomic E-state index is 5.68. The molecule has 15 heavy (non-hydrogen) atoms. The van der Waals surface area contributed by atoms with Gasteiger partial charge in [-0.15, -0.1) is 16.7 Å². The zero-order valence-electron chi connectivity index (χ0n) is 8.61. The quantitative estimate of drug-likeness (QED) is 0.731. The van der Waals surface area contributed by atoms with Crippen molar-refractivity contribution in [2.24, 2.45) is 0 Å². The van der Waals surface area contributed by atoms with Crippen molar-refractivity contribution in [2.45, 2.75) is 19.7 Å². The molecule has 4 nitrogen and oxygen atoms in total. The Kier molecular flexibility index (Phi) is 2.68. The molecular weight excluding hydrogens is 212 g/mol. The van der Waals surface area contributed by atoms with Gasteiger partial charge in [0.25, 0.3) is 0 Å². The first-order valence-corrected chi connectivity index (χ1v) is 5.15. The maximum atomic E-state index is 5.68. The first-order chi connectivity index (χ1) is 7.22. The minimum atomic E-state index is 0.373. The molecule has 78 valence electrons. The predicted octanol–water partition coefficient (Wildman–Crippen LogP) is 2.02. The van der Waals surface area contributed by atoms with E-state index in [4.69, 9.17) is 11.6 Å². The number of hydrogen-bond acceptors (Lipinski definition) is 3. The van der Waals surface area contributed by atoms with Gasteiger partial charge < -0.3 is 0 Å². The summed E-state index contributed by atoms with van der Waals surface area (Å²) in [4.78, 5) is 4.23. The summed E-state index contributed by atoms with van der Waals surface area (Å²) >= 11 is 5.68. The van der Waals surface area contributed by atoms with Gasteiger partial charge in [-0.2, -0.15) is 0 Å². The van der Waals surface area contributed by atoms with Crippen molar-refractivity contribution in [3.05, 3.63) is 35.4 Å². The Hall–Kier alpha value is -1.42. The lowest BCUT2D eigenvalue weighted by Gasteiger charge is -2.06. The maximum Gasteiger partial charge on any atom is 0.0979 e. The van der Waals surface area contributed by atoms with Crippen LogP contribution in [0.1, 0.15) is 17.0 Å². The molecule has 0 atom stereocenters. The minimum absolute atomic E-state index is 0.373. The van der Waals surface area contributed by atoms with Gasteiger partial charge in [-0.25, -0.2) is 4.68 Å². The third-order valence-electron chi connectivity index (χ3n) is 2.22. The van der Waals surface area contributed by atoms with Gasteiger partial charge in [0.2, 0.25) is 0 Å². The van der Waals surface area contributed by atoms with E-state index in [1.807, 2.05) is 26.1 Å². The van der Waals surface area contributed by atoms with E-state index in [0.29, 0.717) is 5.88 Å². The van der Waals surface area contributed by atoms with Gasteiger partial charge >= 0.3 is 0 Å². The molecule has 2 aromatic heterocycles. The monoisotopic (exact) mass is 222 g/mol. The molecule has 0 saturated carbocycles. The Morgan fingerprint density at radius 2 is 2.20 bits per heavy atom. The van der Waals surface area contributed by atoms with Gasteiger partial charge in [0.15, 0.2) is 0 Å². The number of hydrogen-bond donors (Lipinski definition) is 0. The van der Waals surface area contributed by atoms with E-state index in [0.717, 1.165) is 22.6 Å². The summed E-state index contributed by atoms with van der Waals surface area (Å²) in [5.74, 6) is 0.373. The summed E-state index contributed by atoms with van der Waals surface area (Å²) < 4.78 is 1.72. The van der Waals surface area contributed by atoms with Crippen molar-refractivity contribution < 1.29 is 0 Å². The van der Waals surface area contributed by atoms with Crippen LogP contribution in [0, 0.1) is 13.8 Å². The van der Waals surface area contributed by atoms with Crippen LogP contribution in [-0.2, 0) is 5.88 Å². The van der Waals surface area contributed by atoms with E-state index in [1.54, 1.807) is 10.9 Å². The van der Waals surface area contributed by atoms with Gasteiger partial charge in [-0.05, 0) is 25.5 Å². The third-order valence-corrected chi connectivity index (χ3v) is 2.49. The Labute approximate surface area is 92.9 Å². The third kappa shape index (κ3) is 1.85. The molecule has 0 radical (unpaired) electrons. The molecule has 0 aliphatic rings. The summed E-state index contributed by atoms with van der Waals surface area (Å²) in [5, 5.41) is 7.97. The molecule has 0 bridgehead atoms. The first kappa shape index (κ1) is 10.1. The fraction of sp³-hybridized carbons (Fsp3) is 0.300. The SMILES string of the molecule is Cc1ccnc(C)c1-n1cc(CCl)nn1. The summed E-state index contributed by atoms with van der Waals surface area (Å²) in [7, 11) is 0. The van der Waals surface area contributed by atoms with Crippen LogP contribution in [0.2, 0.25) is 0 Å². The molecule has 2 aromatic rings. The van der Waals surface area contributed by atoms with Crippen LogP contribution in [0.3, 0.4) is 0 Å². The molecule has 0 N–H and O–H groups in total. The molecule has 0 saturated heterocycles. The van der Waals surface area contributed by atoms with Crippen LogP contribution in [0.25, 0.3) is 5.69 Å². The van der Waals surface area contributed by atoms with Crippen molar-refractivity contribution in [1.29, 1.82) is 0 Å². The summed E-state index contributed by atoms with van der Waals surface area (Å²) in [6, 6.07) is 1.95. The predicted molar refractivity (Wildman–Crippen MR) is 58.2 cm³/mol. The highest BCUT2D eigenvalue weighted by molar-refractivity contribution is 6.16. The summed E-state index contributed by atoms with van der Waals surface area (Å²) in [6.45, 7) is 3.97. The summed E-state index contributed by atoms with van der Waals surface area (Å²) in [6.07, 6.45) is 3.61. The Morgan fingerprint density at radius 1 is 1.40 bits per heavy atom. The smallest absolute Gasteiger partial charge is 0.0979 e. The van der Waals surface area contributed by atoms with Gasteiger partial charge in [0.05, 0.1) is 29.2 Å². The van der Waals surface area contributed by atoms with Crippen LogP contribution in [0.4, 0.5) is 0 Å². The summed E-state index contributed by atoms with van der Waals surface area (Å²) in [5.41, 5.74) is 3.79. The van der Waals surface area contributed by atoms with Crippen LogP contribution in [-0.4, -0.2) is 20.0 Å². The number of alkyl halides is 1. The lowest BCUT2D eigenvalue weighted by atomic mass is 10.2. The van der Waals surface area contributed by atoms with E-state index >= 15 is 0 Å². The van der Waals surface area contributed by atoms with E-state index in [9.17, 15) is 0 Å². The zero-order chi connectivity index (χ0) is 10.8. The van der Waals surface area contributed by atoms with Crippen LogP contribution < -0.4 is 0 Å². The Bertz CT molecular complexity index is 458. The van der Waals surface area contributed by atoms with Gasteiger partial charge in [0, 0.05) is 6.20 Å². The molecule has 0 amide bonds. The number of pyridine rings is 1. The van der Waals surface area contributed by atoms with Crippen molar-refractivity contribution in [1.82, 2.24) is 20.0 Å². The highest BCUT2D eigenvalue weighted by Gasteiger charge is 2.08. The average molecular weight is 223 g/mol. The zero-order valence-corrected chi connectivity index (χ0v) is 9.36. The van der Waals surface area contributed by atoms with Crippen LogP contribution in [0.5, 0.6) is 0 Å². The number of aryl methyl sites for hydroxylation is 2. The molecule has 0 aliphatic carbocycles. The molecule has 2 rings (SSSR count). The highest BCUT2D eigenvalue weighted by Crippen LogP contribution is 2.15. The Morgan fingerprint density at radius 3 is 2.80 bits per heavy atom. The van der Waals surface area contributed by atoms with Gasteiger partial charge in [-0.1, -0.05) is 5.21 Å². The van der Waals surface area contributed by atoms with E-state index in [2.05, 4.69) is 15.3 Å². The topological polar surface area (TPSA) is 43.6 Å². The van der Waals surface area contributed by atoms with E-state index < -0.39 is 0 Å². The number of nitrogens with zero attached hydrogens (tertiary/aromatic N) is 4. The van der Waals surface area contributed by atoms with Crippen molar-refractivity contribution in [2.75, 3.05) is 0 Å². The second-order valence-electron chi connectivity index (χ2n) is 3.35. The molecule has 0 spiro atoms. The normalized spacial score (nSPS) is 10.6. The highest BCUT2D eigenvalue weighted by atomic mass is 35.5. The molecule has 0 unspecified atom stereocenters. The molecule has 0 fully saturated rings. The van der Waals surface area contributed by atoms with Crippen molar-refractivity contribution in [3.8, 4) is 5.69 Å². The minimum Gasteiger partial charge on any atom is -0.259 e. The Balaban J connectivity index is 2.53. The van der Waals surface area contributed by atoms with Crippen molar-refractivity contribution in [3.63, 3.8) is 0 Å². The van der Waals surface area contributed by atoms with E-state index in [-0.39, 0.29) is 0 Å². The number of rotatable bonds is 2. The molecular formula is C10H11ClN4. The molecule has 0 aliphatic heterocycles. The number of aromatic nitrogens is 4. The van der Waals surface area contributed by atoms with Crippen LogP contribution in [0.15, 0.2) is 18.5 Å². The second-order valence-corrected chi connectivity index (χ2v) is 3.62. The van der Waals surface area contributed by atoms with Crippen molar-refractivity contribution >= 4 is 11.6 Å². The number of halogens is 1. The molecule has 2 heterocycles.